The number of nitrogens with one attached hydrogen (secondary N) is 2. The standard InChI is InChI=1S/C18H34N4O3.ClH/c1-11(2)13(5)21-17(24)14-6-8-22(9-7-14)15(23)10-20-18(25)16(19)12(3)4;/h11-14,16H,6-10,19H2,1-5H3,(H,20,25)(H,21,24);1H/t13?,16-;/m0./s1. The van der Waals surface area contributed by atoms with Crippen LogP contribution in [0.25, 0.3) is 0 Å². The van der Waals surface area contributed by atoms with Crippen molar-refractivity contribution in [2.45, 2.75) is 59.5 Å². The van der Waals surface area contributed by atoms with E-state index in [1.54, 1.807) is 4.90 Å². The molecule has 0 aromatic carbocycles. The summed E-state index contributed by atoms with van der Waals surface area (Å²) in [5, 5.41) is 5.64. The Balaban J connectivity index is 0.00000625. The third-order valence-electron chi connectivity index (χ3n) is 5.02. The van der Waals surface area contributed by atoms with Crippen LogP contribution in [0.5, 0.6) is 0 Å². The molecule has 1 fully saturated rings. The molecule has 0 radical (unpaired) electrons. The molecule has 7 nitrogen and oxygen atoms in total. The lowest BCUT2D eigenvalue weighted by molar-refractivity contribution is -0.136. The average Bonchev–Trinajstić information content (AvgIpc) is 2.58. The van der Waals surface area contributed by atoms with E-state index in [2.05, 4.69) is 24.5 Å². The molecule has 0 aliphatic carbocycles. The fraction of sp³-hybridized carbons (Fsp3) is 0.833. The first-order valence-electron chi connectivity index (χ1n) is 9.24. The number of likely N-dealkylation sites (tertiary alicyclic amines) is 1. The molecule has 2 atom stereocenters. The third kappa shape index (κ3) is 7.50. The SMILES string of the molecule is CC(C)C(C)NC(=O)C1CCN(C(=O)CNC(=O)[C@@H](N)C(C)C)CC1.Cl. The van der Waals surface area contributed by atoms with Crippen molar-refractivity contribution in [2.24, 2.45) is 23.5 Å². The summed E-state index contributed by atoms with van der Waals surface area (Å²) in [4.78, 5) is 38.0. The van der Waals surface area contributed by atoms with Gasteiger partial charge in [0, 0.05) is 25.0 Å². The van der Waals surface area contributed by atoms with Crippen LogP contribution in [0.4, 0.5) is 0 Å². The zero-order valence-corrected chi connectivity index (χ0v) is 17.4. The number of halogens is 1. The van der Waals surface area contributed by atoms with Crippen molar-refractivity contribution in [3.63, 3.8) is 0 Å². The van der Waals surface area contributed by atoms with Gasteiger partial charge in [-0.25, -0.2) is 0 Å². The Morgan fingerprint density at radius 2 is 1.58 bits per heavy atom. The van der Waals surface area contributed by atoms with Gasteiger partial charge in [0.25, 0.3) is 0 Å². The molecule has 1 saturated heterocycles. The fourth-order valence-electron chi connectivity index (χ4n) is 2.60. The van der Waals surface area contributed by atoms with E-state index in [1.807, 2.05) is 20.8 Å². The summed E-state index contributed by atoms with van der Waals surface area (Å²) in [6.45, 7) is 10.9. The maximum atomic E-state index is 12.3. The zero-order chi connectivity index (χ0) is 19.1. The highest BCUT2D eigenvalue weighted by molar-refractivity contribution is 5.87. The van der Waals surface area contributed by atoms with Gasteiger partial charge in [-0.3, -0.25) is 14.4 Å². The van der Waals surface area contributed by atoms with Crippen molar-refractivity contribution in [3.05, 3.63) is 0 Å². The van der Waals surface area contributed by atoms with Crippen molar-refractivity contribution in [3.8, 4) is 0 Å². The van der Waals surface area contributed by atoms with Crippen LogP contribution >= 0.6 is 12.4 Å². The summed E-state index contributed by atoms with van der Waals surface area (Å²) in [7, 11) is 0. The number of carbonyl (C=O) groups is 3. The molecule has 1 aliphatic heterocycles. The molecule has 0 bridgehead atoms. The Bertz CT molecular complexity index is 477. The maximum Gasteiger partial charge on any atom is 0.241 e. The maximum absolute atomic E-state index is 12.3. The molecule has 1 rings (SSSR count). The van der Waals surface area contributed by atoms with E-state index in [9.17, 15) is 14.4 Å². The molecule has 4 N–H and O–H groups in total. The predicted molar refractivity (Wildman–Crippen MR) is 105 cm³/mol. The van der Waals surface area contributed by atoms with Crippen LogP contribution in [0.3, 0.4) is 0 Å². The Morgan fingerprint density at radius 1 is 1.04 bits per heavy atom. The lowest BCUT2D eigenvalue weighted by atomic mass is 9.94. The number of hydrogen-bond donors (Lipinski definition) is 3. The topological polar surface area (TPSA) is 105 Å². The van der Waals surface area contributed by atoms with E-state index in [0.717, 1.165) is 0 Å². The summed E-state index contributed by atoms with van der Waals surface area (Å²) < 4.78 is 0. The van der Waals surface area contributed by atoms with E-state index >= 15 is 0 Å². The first-order valence-corrected chi connectivity index (χ1v) is 9.24. The average molecular weight is 391 g/mol. The molecule has 152 valence electrons. The van der Waals surface area contributed by atoms with E-state index in [4.69, 9.17) is 5.73 Å². The van der Waals surface area contributed by atoms with Crippen molar-refractivity contribution in [2.75, 3.05) is 19.6 Å². The Morgan fingerprint density at radius 3 is 2.04 bits per heavy atom. The fourth-order valence-corrected chi connectivity index (χ4v) is 2.60. The van der Waals surface area contributed by atoms with Gasteiger partial charge in [-0.1, -0.05) is 27.7 Å². The number of rotatable bonds is 7. The second-order valence-electron chi connectivity index (χ2n) is 7.68. The quantitative estimate of drug-likeness (QED) is 0.600. The lowest BCUT2D eigenvalue weighted by Crippen LogP contribution is -2.50. The Kier molecular flexibility index (Phi) is 10.8. The zero-order valence-electron chi connectivity index (χ0n) is 16.6. The van der Waals surface area contributed by atoms with Crippen LogP contribution in [0, 0.1) is 17.8 Å². The highest BCUT2D eigenvalue weighted by Crippen LogP contribution is 2.18. The summed E-state index contributed by atoms with van der Waals surface area (Å²) >= 11 is 0. The molecule has 1 unspecified atom stereocenters. The first-order chi connectivity index (χ1) is 11.6. The van der Waals surface area contributed by atoms with Crippen molar-refractivity contribution < 1.29 is 14.4 Å². The molecule has 0 spiro atoms. The number of piperidine rings is 1. The second kappa shape index (κ2) is 11.4. The summed E-state index contributed by atoms with van der Waals surface area (Å²) in [5.74, 6) is 0.0155. The minimum atomic E-state index is -0.606. The van der Waals surface area contributed by atoms with Gasteiger partial charge in [-0.05, 0) is 31.6 Å². The number of nitrogens with zero attached hydrogens (tertiary/aromatic N) is 1. The smallest absolute Gasteiger partial charge is 0.241 e. The van der Waals surface area contributed by atoms with Gasteiger partial charge in [0.2, 0.25) is 17.7 Å². The van der Waals surface area contributed by atoms with Crippen molar-refractivity contribution in [1.82, 2.24) is 15.5 Å². The van der Waals surface area contributed by atoms with Crippen molar-refractivity contribution in [1.29, 1.82) is 0 Å². The highest BCUT2D eigenvalue weighted by Gasteiger charge is 2.28. The van der Waals surface area contributed by atoms with Gasteiger partial charge >= 0.3 is 0 Å². The summed E-state index contributed by atoms with van der Waals surface area (Å²) in [6.07, 6.45) is 1.31. The van der Waals surface area contributed by atoms with Gasteiger partial charge in [0.15, 0.2) is 0 Å². The van der Waals surface area contributed by atoms with E-state index in [0.29, 0.717) is 31.8 Å². The summed E-state index contributed by atoms with van der Waals surface area (Å²) in [6, 6.07) is -0.460. The van der Waals surface area contributed by atoms with E-state index in [1.165, 1.54) is 0 Å². The lowest BCUT2D eigenvalue weighted by Gasteiger charge is -2.32. The monoisotopic (exact) mass is 390 g/mol. The van der Waals surface area contributed by atoms with Crippen molar-refractivity contribution >= 4 is 30.1 Å². The minimum absolute atomic E-state index is 0. The van der Waals surface area contributed by atoms with Gasteiger partial charge in [0.1, 0.15) is 0 Å². The molecule has 1 heterocycles. The molecule has 26 heavy (non-hydrogen) atoms. The minimum Gasteiger partial charge on any atom is -0.353 e. The molecular weight excluding hydrogens is 356 g/mol. The Labute approximate surface area is 163 Å². The number of amides is 3. The van der Waals surface area contributed by atoms with Crippen LogP contribution in [-0.2, 0) is 14.4 Å². The van der Waals surface area contributed by atoms with E-state index in [-0.39, 0.29) is 54.6 Å². The predicted octanol–water partition coefficient (Wildman–Crippen LogP) is 0.907. The largest absolute Gasteiger partial charge is 0.353 e. The van der Waals surface area contributed by atoms with Gasteiger partial charge < -0.3 is 21.3 Å². The highest BCUT2D eigenvalue weighted by atomic mass is 35.5. The molecule has 0 aromatic heterocycles. The van der Waals surface area contributed by atoms with Gasteiger partial charge in [-0.2, -0.15) is 0 Å². The van der Waals surface area contributed by atoms with Gasteiger partial charge in [0.05, 0.1) is 12.6 Å². The van der Waals surface area contributed by atoms with E-state index < -0.39 is 6.04 Å². The number of hydrogen-bond acceptors (Lipinski definition) is 4. The molecule has 1 aliphatic rings. The molecule has 0 aromatic rings. The van der Waals surface area contributed by atoms with Gasteiger partial charge in [-0.15, -0.1) is 12.4 Å². The molecule has 8 heteroatoms. The number of nitrogens with two attached hydrogens (primary N) is 1. The Hall–Kier alpha value is -1.34. The third-order valence-corrected chi connectivity index (χ3v) is 5.02. The van der Waals surface area contributed by atoms with Crippen LogP contribution in [-0.4, -0.2) is 54.3 Å². The molecule has 3 amide bonds. The molecular formula is C18H35ClN4O3. The number of carbonyl (C=O) groups excluding carboxylic acids is 3. The second-order valence-corrected chi connectivity index (χ2v) is 7.68. The van der Waals surface area contributed by atoms with Crippen LogP contribution in [0.15, 0.2) is 0 Å². The summed E-state index contributed by atoms with van der Waals surface area (Å²) in [5.41, 5.74) is 5.76. The first kappa shape index (κ1) is 24.7. The molecule has 0 saturated carbocycles. The van der Waals surface area contributed by atoms with Crippen LogP contribution < -0.4 is 16.4 Å². The normalized spacial score (nSPS) is 17.5. The van der Waals surface area contributed by atoms with Crippen LogP contribution in [0.1, 0.15) is 47.5 Å². The van der Waals surface area contributed by atoms with Crippen LogP contribution in [0.2, 0.25) is 0 Å².